The number of hydrogen-bond donors (Lipinski definition) is 0. The standard InChI is InChI=1S/C19H24N2O5S/c22-17(21-13-14-26-18(23)19(21)9-1-2-10-19)15-5-7-16(8-6-15)27(24,25)20-11-3-4-12-20/h5-8H,1-4,9-14H2. The minimum Gasteiger partial charge on any atom is -0.462 e. The van der Waals surface area contributed by atoms with Crippen molar-refractivity contribution >= 4 is 21.9 Å². The zero-order valence-corrected chi connectivity index (χ0v) is 16.0. The number of esters is 1. The zero-order valence-electron chi connectivity index (χ0n) is 15.2. The number of benzene rings is 1. The average molecular weight is 392 g/mol. The summed E-state index contributed by atoms with van der Waals surface area (Å²) in [4.78, 5) is 27.3. The van der Waals surface area contributed by atoms with Crippen molar-refractivity contribution in [2.75, 3.05) is 26.2 Å². The van der Waals surface area contributed by atoms with Crippen LogP contribution in [-0.4, -0.2) is 61.3 Å². The summed E-state index contributed by atoms with van der Waals surface area (Å²) in [5.74, 6) is -0.550. The molecule has 146 valence electrons. The van der Waals surface area contributed by atoms with E-state index in [1.165, 1.54) is 16.4 Å². The molecule has 1 amide bonds. The molecule has 0 radical (unpaired) electrons. The number of hydrogen-bond acceptors (Lipinski definition) is 5. The number of amides is 1. The van der Waals surface area contributed by atoms with Gasteiger partial charge in [-0.25, -0.2) is 13.2 Å². The summed E-state index contributed by atoms with van der Waals surface area (Å²) >= 11 is 0. The van der Waals surface area contributed by atoms with Gasteiger partial charge in [0.25, 0.3) is 5.91 Å². The van der Waals surface area contributed by atoms with Crippen molar-refractivity contribution < 1.29 is 22.7 Å². The first kappa shape index (κ1) is 18.4. The van der Waals surface area contributed by atoms with Crippen molar-refractivity contribution in [2.24, 2.45) is 0 Å². The minimum atomic E-state index is -3.50. The molecule has 7 nitrogen and oxygen atoms in total. The summed E-state index contributed by atoms with van der Waals surface area (Å²) < 4.78 is 32.0. The summed E-state index contributed by atoms with van der Waals surface area (Å²) in [7, 11) is -3.50. The Morgan fingerprint density at radius 1 is 0.963 bits per heavy atom. The van der Waals surface area contributed by atoms with Crippen molar-refractivity contribution in [3.63, 3.8) is 0 Å². The monoisotopic (exact) mass is 392 g/mol. The van der Waals surface area contributed by atoms with E-state index in [9.17, 15) is 18.0 Å². The smallest absolute Gasteiger partial charge is 0.332 e. The summed E-state index contributed by atoms with van der Waals surface area (Å²) in [5.41, 5.74) is -0.452. The van der Waals surface area contributed by atoms with Gasteiger partial charge in [-0.1, -0.05) is 12.8 Å². The number of carbonyl (C=O) groups is 2. The Morgan fingerprint density at radius 2 is 1.59 bits per heavy atom. The van der Waals surface area contributed by atoms with Gasteiger partial charge in [-0.05, 0) is 49.9 Å². The number of nitrogens with zero attached hydrogens (tertiary/aromatic N) is 2. The van der Waals surface area contributed by atoms with Crippen molar-refractivity contribution in [3.05, 3.63) is 29.8 Å². The molecule has 2 aliphatic heterocycles. The first-order valence-corrected chi connectivity index (χ1v) is 11.0. The van der Waals surface area contributed by atoms with E-state index in [2.05, 4.69) is 0 Å². The van der Waals surface area contributed by atoms with Crippen LogP contribution in [0.1, 0.15) is 48.9 Å². The molecule has 1 saturated carbocycles. The molecule has 0 bridgehead atoms. The summed E-state index contributed by atoms with van der Waals surface area (Å²) in [5, 5.41) is 0. The van der Waals surface area contributed by atoms with Crippen LogP contribution >= 0.6 is 0 Å². The number of sulfonamides is 1. The second kappa shape index (κ2) is 6.91. The molecule has 0 unspecified atom stereocenters. The molecule has 8 heteroatoms. The van der Waals surface area contributed by atoms with Crippen LogP contribution in [0.15, 0.2) is 29.2 Å². The molecule has 1 aliphatic carbocycles. The summed E-state index contributed by atoms with van der Waals surface area (Å²) in [6.45, 7) is 1.66. The molecular weight excluding hydrogens is 368 g/mol. The molecule has 4 rings (SSSR count). The largest absolute Gasteiger partial charge is 0.462 e. The molecule has 1 spiro atoms. The molecule has 27 heavy (non-hydrogen) atoms. The normalized spacial score (nSPS) is 23.0. The van der Waals surface area contributed by atoms with Gasteiger partial charge in [0.1, 0.15) is 12.1 Å². The van der Waals surface area contributed by atoms with E-state index in [0.29, 0.717) is 38.0 Å². The molecule has 1 aromatic carbocycles. The van der Waals surface area contributed by atoms with Crippen molar-refractivity contribution in [2.45, 2.75) is 49.0 Å². The lowest BCUT2D eigenvalue weighted by atomic mass is 9.92. The van der Waals surface area contributed by atoms with Gasteiger partial charge in [0, 0.05) is 18.7 Å². The van der Waals surface area contributed by atoms with Gasteiger partial charge in [0.15, 0.2) is 0 Å². The lowest BCUT2D eigenvalue weighted by Crippen LogP contribution is -2.60. The van der Waals surface area contributed by atoms with Crippen LogP contribution in [0.4, 0.5) is 0 Å². The predicted molar refractivity (Wildman–Crippen MR) is 97.6 cm³/mol. The number of cyclic esters (lactones) is 1. The maximum Gasteiger partial charge on any atom is 0.332 e. The van der Waals surface area contributed by atoms with Crippen LogP contribution in [0.5, 0.6) is 0 Å². The van der Waals surface area contributed by atoms with Gasteiger partial charge in [-0.3, -0.25) is 4.79 Å². The molecule has 1 aromatic rings. The third-order valence-electron chi connectivity index (χ3n) is 5.92. The van der Waals surface area contributed by atoms with Gasteiger partial charge < -0.3 is 9.64 Å². The molecule has 3 aliphatic rings. The fraction of sp³-hybridized carbons (Fsp3) is 0.579. The van der Waals surface area contributed by atoms with Gasteiger partial charge in [-0.2, -0.15) is 4.31 Å². The maximum absolute atomic E-state index is 13.1. The topological polar surface area (TPSA) is 84.0 Å². The van der Waals surface area contributed by atoms with Crippen molar-refractivity contribution in [1.29, 1.82) is 0 Å². The highest BCUT2D eigenvalue weighted by Crippen LogP contribution is 2.39. The number of carbonyl (C=O) groups excluding carboxylic acids is 2. The summed E-state index contributed by atoms with van der Waals surface area (Å²) in [6, 6.07) is 6.08. The van der Waals surface area contributed by atoms with Crippen LogP contribution in [0.2, 0.25) is 0 Å². The lowest BCUT2D eigenvalue weighted by molar-refractivity contribution is -0.164. The van der Waals surface area contributed by atoms with Crippen LogP contribution in [0.25, 0.3) is 0 Å². The SMILES string of the molecule is O=C(c1ccc(S(=O)(=O)N2CCCC2)cc1)N1CCOC(=O)C12CCCC2. The highest BCUT2D eigenvalue weighted by Gasteiger charge is 2.51. The van der Waals surface area contributed by atoms with E-state index >= 15 is 0 Å². The Hall–Kier alpha value is -1.93. The van der Waals surface area contributed by atoms with E-state index < -0.39 is 15.6 Å². The van der Waals surface area contributed by atoms with Gasteiger partial charge >= 0.3 is 5.97 Å². The highest BCUT2D eigenvalue weighted by molar-refractivity contribution is 7.89. The number of rotatable bonds is 3. The van der Waals surface area contributed by atoms with Gasteiger partial charge in [0.05, 0.1) is 11.4 Å². The molecule has 0 atom stereocenters. The number of morpholine rings is 1. The highest BCUT2D eigenvalue weighted by atomic mass is 32.2. The minimum absolute atomic E-state index is 0.202. The van der Waals surface area contributed by atoms with Crippen LogP contribution in [0, 0.1) is 0 Å². The molecular formula is C19H24N2O5S. The van der Waals surface area contributed by atoms with Crippen LogP contribution in [-0.2, 0) is 19.6 Å². The van der Waals surface area contributed by atoms with Crippen LogP contribution < -0.4 is 0 Å². The predicted octanol–water partition coefficient (Wildman–Crippen LogP) is 1.78. The third-order valence-corrected chi connectivity index (χ3v) is 7.84. The molecule has 3 fully saturated rings. The second-order valence-corrected chi connectivity index (χ2v) is 9.40. The Bertz CT molecular complexity index is 837. The molecule has 0 aromatic heterocycles. The van der Waals surface area contributed by atoms with E-state index in [0.717, 1.165) is 25.7 Å². The van der Waals surface area contributed by atoms with Crippen LogP contribution in [0.3, 0.4) is 0 Å². The first-order chi connectivity index (χ1) is 12.9. The fourth-order valence-corrected chi connectivity index (χ4v) is 5.94. The Labute approximate surface area is 159 Å². The van der Waals surface area contributed by atoms with E-state index in [-0.39, 0.29) is 23.4 Å². The Morgan fingerprint density at radius 3 is 2.22 bits per heavy atom. The second-order valence-electron chi connectivity index (χ2n) is 7.47. The van der Waals surface area contributed by atoms with E-state index in [1.54, 1.807) is 17.0 Å². The molecule has 0 N–H and O–H groups in total. The van der Waals surface area contributed by atoms with Crippen molar-refractivity contribution in [3.8, 4) is 0 Å². The van der Waals surface area contributed by atoms with E-state index in [4.69, 9.17) is 4.74 Å². The quantitative estimate of drug-likeness (QED) is 0.732. The molecule has 2 heterocycles. The van der Waals surface area contributed by atoms with Gasteiger partial charge in [-0.15, -0.1) is 0 Å². The van der Waals surface area contributed by atoms with E-state index in [1.807, 2.05) is 0 Å². The molecule has 2 saturated heterocycles. The summed E-state index contributed by atoms with van der Waals surface area (Å²) in [6.07, 6.45) is 4.79. The zero-order chi connectivity index (χ0) is 19.1. The first-order valence-electron chi connectivity index (χ1n) is 9.55. The average Bonchev–Trinajstić information content (AvgIpc) is 3.37. The Balaban J connectivity index is 1.58. The number of ether oxygens (including phenoxy) is 1. The van der Waals surface area contributed by atoms with Gasteiger partial charge in [0.2, 0.25) is 10.0 Å². The third kappa shape index (κ3) is 3.04. The maximum atomic E-state index is 13.1. The Kier molecular flexibility index (Phi) is 4.71. The van der Waals surface area contributed by atoms with Crippen molar-refractivity contribution in [1.82, 2.24) is 9.21 Å². The lowest BCUT2D eigenvalue weighted by Gasteiger charge is -2.42. The fourth-order valence-electron chi connectivity index (χ4n) is 4.42.